The monoisotopic (exact) mass is 259 g/mol. The molecule has 0 radical (unpaired) electrons. The van der Waals surface area contributed by atoms with Crippen molar-refractivity contribution in [2.45, 2.75) is 0 Å². The van der Waals surface area contributed by atoms with Crippen LogP contribution >= 0.6 is 11.3 Å². The van der Waals surface area contributed by atoms with Crippen molar-refractivity contribution in [2.24, 2.45) is 5.73 Å². The molecule has 0 saturated heterocycles. The number of carbonyl (C=O) groups is 3. The number of thiophene rings is 1. The van der Waals surface area contributed by atoms with Gasteiger partial charge in [0, 0.05) is 18.0 Å². The highest BCUT2D eigenvalue weighted by atomic mass is 32.1. The Bertz CT molecular complexity index is 668. The Morgan fingerprint density at radius 1 is 1.11 bits per heavy atom. The van der Waals surface area contributed by atoms with Gasteiger partial charge >= 0.3 is 0 Å². The highest BCUT2D eigenvalue weighted by molar-refractivity contribution is 7.16. The fraction of sp³-hybridized carbons (Fsp3) is 0. The number of amides is 1. The van der Waals surface area contributed by atoms with Crippen LogP contribution in [0.4, 0.5) is 0 Å². The van der Waals surface area contributed by atoms with Crippen molar-refractivity contribution in [1.82, 2.24) is 9.97 Å². The van der Waals surface area contributed by atoms with E-state index >= 15 is 0 Å². The molecule has 0 bridgehead atoms. The van der Waals surface area contributed by atoms with Crippen LogP contribution in [0.1, 0.15) is 41.1 Å². The minimum Gasteiger partial charge on any atom is -0.365 e. The van der Waals surface area contributed by atoms with Gasteiger partial charge in [-0.05, 0) is 6.07 Å². The quantitative estimate of drug-likeness (QED) is 0.681. The number of aromatic nitrogens is 2. The summed E-state index contributed by atoms with van der Waals surface area (Å²) >= 11 is 0.906. The average Bonchev–Trinajstić information content (AvgIpc) is 2.81. The van der Waals surface area contributed by atoms with Gasteiger partial charge in [0.15, 0.2) is 0 Å². The smallest absolute Gasteiger partial charge is 0.258 e. The summed E-state index contributed by atoms with van der Waals surface area (Å²) in [6, 6.07) is 1.33. The van der Waals surface area contributed by atoms with Crippen LogP contribution in [0.2, 0.25) is 0 Å². The summed E-state index contributed by atoms with van der Waals surface area (Å²) in [6.45, 7) is 0. The van der Waals surface area contributed by atoms with E-state index in [4.69, 9.17) is 5.73 Å². The molecule has 0 aliphatic heterocycles. The third-order valence-corrected chi connectivity index (χ3v) is 3.70. The molecule has 1 aliphatic carbocycles. The van der Waals surface area contributed by atoms with Gasteiger partial charge < -0.3 is 5.73 Å². The Hall–Kier alpha value is -2.41. The van der Waals surface area contributed by atoms with Gasteiger partial charge in [-0.2, -0.15) is 0 Å². The van der Waals surface area contributed by atoms with Crippen LogP contribution in [-0.4, -0.2) is 27.4 Å². The number of primary amides is 1. The second kappa shape index (κ2) is 3.54. The van der Waals surface area contributed by atoms with Gasteiger partial charge in [-0.15, -0.1) is 11.3 Å². The number of nitrogens with zero attached hydrogens (tertiary/aromatic N) is 2. The van der Waals surface area contributed by atoms with Gasteiger partial charge in [-0.25, -0.2) is 9.97 Å². The first-order valence-electron chi connectivity index (χ1n) is 4.93. The van der Waals surface area contributed by atoms with Crippen molar-refractivity contribution in [3.63, 3.8) is 0 Å². The maximum absolute atomic E-state index is 12.1. The number of hydrogen-bond donors (Lipinski definition) is 1. The number of fused-ring (bicyclic) bond motifs is 2. The molecule has 2 aromatic heterocycles. The van der Waals surface area contributed by atoms with Crippen molar-refractivity contribution < 1.29 is 14.4 Å². The maximum Gasteiger partial charge on any atom is 0.258 e. The van der Waals surface area contributed by atoms with Gasteiger partial charge in [-0.3, -0.25) is 14.4 Å². The van der Waals surface area contributed by atoms with Crippen LogP contribution in [0.15, 0.2) is 18.5 Å². The number of ketones is 2. The lowest BCUT2D eigenvalue weighted by Gasteiger charge is -2.10. The number of carbonyl (C=O) groups excluding carboxylic acids is 3. The predicted octanol–water partition coefficient (Wildman–Crippen LogP) is 0.412. The summed E-state index contributed by atoms with van der Waals surface area (Å²) in [5.41, 5.74) is 5.35. The van der Waals surface area contributed by atoms with Gasteiger partial charge in [0.25, 0.3) is 5.91 Å². The largest absolute Gasteiger partial charge is 0.365 e. The lowest BCUT2D eigenvalue weighted by molar-refractivity contribution is 0.0974. The third-order valence-electron chi connectivity index (χ3n) is 2.55. The van der Waals surface area contributed by atoms with E-state index < -0.39 is 17.5 Å². The Morgan fingerprint density at radius 2 is 1.72 bits per heavy atom. The number of hydrogen-bond acceptors (Lipinski definition) is 6. The molecule has 0 spiro atoms. The fourth-order valence-electron chi connectivity index (χ4n) is 1.76. The van der Waals surface area contributed by atoms with E-state index in [0.717, 1.165) is 11.3 Å². The lowest BCUT2D eigenvalue weighted by atomic mass is 9.96. The number of rotatable bonds is 1. The summed E-state index contributed by atoms with van der Waals surface area (Å²) in [6.07, 6.45) is 2.69. The molecule has 0 aromatic carbocycles. The maximum atomic E-state index is 12.1. The molecule has 0 atom stereocenters. The summed E-state index contributed by atoms with van der Waals surface area (Å²) in [5.74, 6) is -1.47. The van der Waals surface area contributed by atoms with E-state index in [0.29, 0.717) is 0 Å². The Labute approximate surface area is 104 Å². The summed E-state index contributed by atoms with van der Waals surface area (Å²) < 4.78 is 0. The molecule has 88 valence electrons. The zero-order valence-corrected chi connectivity index (χ0v) is 9.65. The van der Waals surface area contributed by atoms with E-state index in [2.05, 4.69) is 9.97 Å². The van der Waals surface area contributed by atoms with Crippen LogP contribution in [0.3, 0.4) is 0 Å². The first-order valence-corrected chi connectivity index (χ1v) is 5.75. The van der Waals surface area contributed by atoms with Gasteiger partial charge in [0.05, 0.1) is 9.75 Å². The van der Waals surface area contributed by atoms with E-state index in [-0.39, 0.29) is 26.7 Å². The standard InChI is InChI=1S/C11H5N3O3S/c12-11(17)5-3-4-8(15)6-7(14-2-1-13-6)9(16)10(4)18-5/h1-3H,(H2,12,17). The molecule has 1 amide bonds. The Morgan fingerprint density at radius 3 is 2.33 bits per heavy atom. The Balaban J connectivity index is 2.27. The highest BCUT2D eigenvalue weighted by Gasteiger charge is 2.34. The zero-order chi connectivity index (χ0) is 12.9. The topological polar surface area (TPSA) is 103 Å². The molecule has 2 N–H and O–H groups in total. The summed E-state index contributed by atoms with van der Waals surface area (Å²) in [7, 11) is 0. The molecule has 6 nitrogen and oxygen atoms in total. The first-order chi connectivity index (χ1) is 8.59. The van der Waals surface area contributed by atoms with E-state index in [9.17, 15) is 14.4 Å². The molecule has 0 saturated carbocycles. The Kier molecular flexibility index (Phi) is 2.11. The van der Waals surface area contributed by atoms with Crippen molar-refractivity contribution in [1.29, 1.82) is 0 Å². The van der Waals surface area contributed by atoms with E-state index in [1.807, 2.05) is 0 Å². The summed E-state index contributed by atoms with van der Waals surface area (Å²) in [5, 5.41) is 0. The fourth-order valence-corrected chi connectivity index (χ4v) is 2.70. The summed E-state index contributed by atoms with van der Waals surface area (Å²) in [4.78, 5) is 43.4. The second-order valence-corrected chi connectivity index (χ2v) is 4.68. The van der Waals surface area contributed by atoms with Crippen molar-refractivity contribution in [3.8, 4) is 0 Å². The second-order valence-electron chi connectivity index (χ2n) is 3.63. The van der Waals surface area contributed by atoms with Crippen molar-refractivity contribution in [2.75, 3.05) is 0 Å². The molecule has 2 aromatic rings. The van der Waals surface area contributed by atoms with Crippen LogP contribution < -0.4 is 5.73 Å². The zero-order valence-electron chi connectivity index (χ0n) is 8.84. The molecule has 1 aliphatic rings. The predicted molar refractivity (Wildman–Crippen MR) is 61.7 cm³/mol. The minimum atomic E-state index is -0.667. The molecule has 7 heteroatoms. The molecule has 18 heavy (non-hydrogen) atoms. The normalized spacial score (nSPS) is 13.1. The molecule has 3 rings (SSSR count). The average molecular weight is 259 g/mol. The third kappa shape index (κ3) is 1.31. The van der Waals surface area contributed by atoms with Gasteiger partial charge in [0.2, 0.25) is 11.6 Å². The molecule has 0 fully saturated rings. The molecule has 2 heterocycles. The first kappa shape index (κ1) is 10.7. The highest BCUT2D eigenvalue weighted by Crippen LogP contribution is 2.31. The van der Waals surface area contributed by atoms with E-state index in [1.165, 1.54) is 18.5 Å². The van der Waals surface area contributed by atoms with Crippen LogP contribution in [0, 0.1) is 0 Å². The van der Waals surface area contributed by atoms with Crippen LogP contribution in [0.5, 0.6) is 0 Å². The lowest BCUT2D eigenvalue weighted by Crippen LogP contribution is -2.21. The van der Waals surface area contributed by atoms with Gasteiger partial charge in [-0.1, -0.05) is 0 Å². The molecular formula is C11H5N3O3S. The van der Waals surface area contributed by atoms with Crippen molar-refractivity contribution in [3.05, 3.63) is 45.2 Å². The van der Waals surface area contributed by atoms with E-state index in [1.54, 1.807) is 0 Å². The van der Waals surface area contributed by atoms with Crippen LogP contribution in [0.25, 0.3) is 0 Å². The molecular weight excluding hydrogens is 254 g/mol. The number of nitrogens with two attached hydrogens (primary N) is 1. The van der Waals surface area contributed by atoms with Crippen LogP contribution in [-0.2, 0) is 0 Å². The minimum absolute atomic E-state index is 0.0174. The molecule has 0 unspecified atom stereocenters. The SMILES string of the molecule is NC(=O)c1cc2c(s1)C(=O)c1nccnc1C2=O. The van der Waals surface area contributed by atoms with Gasteiger partial charge in [0.1, 0.15) is 11.4 Å². The van der Waals surface area contributed by atoms with Crippen molar-refractivity contribution >= 4 is 28.8 Å².